The van der Waals surface area contributed by atoms with Gasteiger partial charge in [0, 0.05) is 29.9 Å². The van der Waals surface area contributed by atoms with Crippen LogP contribution in [0.4, 0.5) is 0 Å². The molecular formula is C19H20N2O3. The zero-order chi connectivity index (χ0) is 17.3. The summed E-state index contributed by atoms with van der Waals surface area (Å²) in [6.45, 7) is 4.19. The number of aromatic nitrogens is 1. The fourth-order valence-electron chi connectivity index (χ4n) is 3.38. The molecule has 1 amide bonds. The van der Waals surface area contributed by atoms with E-state index < -0.39 is 11.9 Å². The standard InChI is InChI=1S/C19H20N2O3/c1-12-14(17-8-3-4-10-20-17)6-5-7-15(12)18(22)21-11-9-16(13(21)2)19(23)24/h3-8,10,13,16H,9,11H2,1-2H3,(H,23,24). The highest BCUT2D eigenvalue weighted by molar-refractivity contribution is 5.98. The summed E-state index contributed by atoms with van der Waals surface area (Å²) < 4.78 is 0. The van der Waals surface area contributed by atoms with E-state index >= 15 is 0 Å². The molecule has 1 aromatic heterocycles. The highest BCUT2D eigenvalue weighted by Gasteiger charge is 2.38. The maximum Gasteiger partial charge on any atom is 0.308 e. The molecule has 1 aliphatic heterocycles. The summed E-state index contributed by atoms with van der Waals surface area (Å²) in [6, 6.07) is 11.0. The minimum Gasteiger partial charge on any atom is -0.481 e. The first-order valence-electron chi connectivity index (χ1n) is 8.05. The quantitative estimate of drug-likeness (QED) is 0.942. The number of nitrogens with zero attached hydrogens (tertiary/aromatic N) is 2. The average molecular weight is 324 g/mol. The second-order valence-electron chi connectivity index (χ2n) is 6.17. The third kappa shape index (κ3) is 2.77. The molecule has 1 aliphatic rings. The summed E-state index contributed by atoms with van der Waals surface area (Å²) in [5.74, 6) is -1.44. The van der Waals surface area contributed by atoms with Crippen LogP contribution in [-0.4, -0.2) is 39.5 Å². The Morgan fingerprint density at radius 3 is 2.62 bits per heavy atom. The van der Waals surface area contributed by atoms with Crippen LogP contribution in [0, 0.1) is 12.8 Å². The number of rotatable bonds is 3. The largest absolute Gasteiger partial charge is 0.481 e. The van der Waals surface area contributed by atoms with Gasteiger partial charge in [0.05, 0.1) is 11.6 Å². The molecule has 124 valence electrons. The van der Waals surface area contributed by atoms with E-state index in [0.717, 1.165) is 16.8 Å². The summed E-state index contributed by atoms with van der Waals surface area (Å²) >= 11 is 0. The summed E-state index contributed by atoms with van der Waals surface area (Å²) in [6.07, 6.45) is 2.23. The number of likely N-dealkylation sites (tertiary alicyclic amines) is 1. The number of carbonyl (C=O) groups is 2. The third-order valence-corrected chi connectivity index (χ3v) is 4.84. The fourth-order valence-corrected chi connectivity index (χ4v) is 3.38. The molecule has 0 saturated carbocycles. The molecule has 1 saturated heterocycles. The molecule has 24 heavy (non-hydrogen) atoms. The van der Waals surface area contributed by atoms with Crippen LogP contribution in [0.25, 0.3) is 11.3 Å². The number of amides is 1. The van der Waals surface area contributed by atoms with E-state index in [-0.39, 0.29) is 11.9 Å². The van der Waals surface area contributed by atoms with E-state index in [1.807, 2.05) is 44.2 Å². The maximum absolute atomic E-state index is 12.9. The Morgan fingerprint density at radius 2 is 2.00 bits per heavy atom. The van der Waals surface area contributed by atoms with E-state index in [0.29, 0.717) is 18.5 Å². The van der Waals surface area contributed by atoms with Gasteiger partial charge in [-0.1, -0.05) is 18.2 Å². The molecule has 2 heterocycles. The number of aliphatic carboxylic acids is 1. The van der Waals surface area contributed by atoms with Gasteiger partial charge in [-0.2, -0.15) is 0 Å². The van der Waals surface area contributed by atoms with Gasteiger partial charge in [-0.3, -0.25) is 14.6 Å². The molecule has 0 aliphatic carbocycles. The van der Waals surface area contributed by atoms with E-state index in [1.54, 1.807) is 17.2 Å². The number of hydrogen-bond donors (Lipinski definition) is 1. The number of pyridine rings is 1. The Balaban J connectivity index is 1.93. The summed E-state index contributed by atoms with van der Waals surface area (Å²) in [4.78, 5) is 30.2. The molecule has 2 aromatic rings. The summed E-state index contributed by atoms with van der Waals surface area (Å²) in [7, 11) is 0. The van der Waals surface area contributed by atoms with Crippen LogP contribution < -0.4 is 0 Å². The van der Waals surface area contributed by atoms with Crippen molar-refractivity contribution >= 4 is 11.9 Å². The normalized spacial score (nSPS) is 20.2. The summed E-state index contributed by atoms with van der Waals surface area (Å²) in [5, 5.41) is 9.25. The van der Waals surface area contributed by atoms with Gasteiger partial charge in [-0.05, 0) is 44.0 Å². The maximum atomic E-state index is 12.9. The van der Waals surface area contributed by atoms with E-state index in [1.165, 1.54) is 0 Å². The lowest BCUT2D eigenvalue weighted by atomic mass is 9.98. The van der Waals surface area contributed by atoms with Crippen LogP contribution >= 0.6 is 0 Å². The van der Waals surface area contributed by atoms with Crippen molar-refractivity contribution in [1.82, 2.24) is 9.88 Å². The molecule has 2 atom stereocenters. The zero-order valence-corrected chi connectivity index (χ0v) is 13.8. The third-order valence-electron chi connectivity index (χ3n) is 4.84. The lowest BCUT2D eigenvalue weighted by Crippen LogP contribution is -2.38. The van der Waals surface area contributed by atoms with Crippen molar-refractivity contribution in [2.75, 3.05) is 6.54 Å². The zero-order valence-electron chi connectivity index (χ0n) is 13.8. The fraction of sp³-hybridized carbons (Fsp3) is 0.316. The van der Waals surface area contributed by atoms with E-state index in [2.05, 4.69) is 4.98 Å². The van der Waals surface area contributed by atoms with Crippen molar-refractivity contribution in [3.63, 3.8) is 0 Å². The van der Waals surface area contributed by atoms with Crippen molar-refractivity contribution in [1.29, 1.82) is 0 Å². The molecule has 2 unspecified atom stereocenters. The Hall–Kier alpha value is -2.69. The van der Waals surface area contributed by atoms with Gasteiger partial charge in [0.25, 0.3) is 5.91 Å². The molecule has 5 heteroatoms. The lowest BCUT2D eigenvalue weighted by molar-refractivity contribution is -0.142. The highest BCUT2D eigenvalue weighted by atomic mass is 16.4. The van der Waals surface area contributed by atoms with Crippen LogP contribution in [0.15, 0.2) is 42.6 Å². The minimum absolute atomic E-state index is 0.110. The molecule has 1 aromatic carbocycles. The van der Waals surface area contributed by atoms with Crippen LogP contribution in [0.5, 0.6) is 0 Å². The summed E-state index contributed by atoms with van der Waals surface area (Å²) in [5.41, 5.74) is 3.22. The first-order valence-corrected chi connectivity index (χ1v) is 8.05. The second-order valence-corrected chi connectivity index (χ2v) is 6.17. The predicted molar refractivity (Wildman–Crippen MR) is 90.7 cm³/mol. The molecule has 1 N–H and O–H groups in total. The van der Waals surface area contributed by atoms with Crippen LogP contribution in [0.3, 0.4) is 0 Å². The SMILES string of the molecule is Cc1c(C(=O)N2CCC(C(=O)O)C2C)cccc1-c1ccccn1. The lowest BCUT2D eigenvalue weighted by Gasteiger charge is -2.24. The van der Waals surface area contributed by atoms with E-state index in [4.69, 9.17) is 0 Å². The molecule has 0 radical (unpaired) electrons. The van der Waals surface area contributed by atoms with Gasteiger partial charge in [0.1, 0.15) is 0 Å². The molecule has 5 nitrogen and oxygen atoms in total. The van der Waals surface area contributed by atoms with Crippen molar-refractivity contribution in [3.8, 4) is 11.3 Å². The Kier molecular flexibility index (Phi) is 4.34. The average Bonchev–Trinajstić information content (AvgIpc) is 2.97. The van der Waals surface area contributed by atoms with Gasteiger partial charge in [0.2, 0.25) is 0 Å². The Labute approximate surface area is 140 Å². The first-order chi connectivity index (χ1) is 11.5. The van der Waals surface area contributed by atoms with Crippen molar-refractivity contribution < 1.29 is 14.7 Å². The monoisotopic (exact) mass is 324 g/mol. The number of carboxylic acid groups (broad SMARTS) is 1. The Morgan fingerprint density at radius 1 is 1.21 bits per heavy atom. The Bertz CT molecular complexity index is 773. The van der Waals surface area contributed by atoms with Crippen LogP contribution in [0.2, 0.25) is 0 Å². The number of benzene rings is 1. The van der Waals surface area contributed by atoms with Gasteiger partial charge in [0.15, 0.2) is 0 Å². The van der Waals surface area contributed by atoms with Gasteiger partial charge in [-0.25, -0.2) is 0 Å². The van der Waals surface area contributed by atoms with Gasteiger partial charge < -0.3 is 10.0 Å². The first kappa shape index (κ1) is 16.2. The second kappa shape index (κ2) is 6.43. The van der Waals surface area contributed by atoms with Crippen molar-refractivity contribution in [2.24, 2.45) is 5.92 Å². The predicted octanol–water partition coefficient (Wildman–Crippen LogP) is 2.99. The smallest absolute Gasteiger partial charge is 0.308 e. The topological polar surface area (TPSA) is 70.5 Å². The number of carbonyl (C=O) groups excluding carboxylic acids is 1. The van der Waals surface area contributed by atoms with Gasteiger partial charge in [-0.15, -0.1) is 0 Å². The number of carboxylic acids is 1. The minimum atomic E-state index is -0.836. The number of hydrogen-bond acceptors (Lipinski definition) is 3. The van der Waals surface area contributed by atoms with Crippen molar-refractivity contribution in [3.05, 3.63) is 53.7 Å². The van der Waals surface area contributed by atoms with Crippen LogP contribution in [0.1, 0.15) is 29.3 Å². The molecular weight excluding hydrogens is 304 g/mol. The van der Waals surface area contributed by atoms with Crippen LogP contribution in [-0.2, 0) is 4.79 Å². The van der Waals surface area contributed by atoms with Crippen molar-refractivity contribution in [2.45, 2.75) is 26.3 Å². The highest BCUT2D eigenvalue weighted by Crippen LogP contribution is 2.29. The van der Waals surface area contributed by atoms with E-state index in [9.17, 15) is 14.7 Å². The molecule has 1 fully saturated rings. The molecule has 3 rings (SSSR count). The van der Waals surface area contributed by atoms with Gasteiger partial charge >= 0.3 is 5.97 Å². The molecule has 0 spiro atoms. The molecule has 0 bridgehead atoms.